The predicted octanol–water partition coefficient (Wildman–Crippen LogP) is 1.67. The van der Waals surface area contributed by atoms with Gasteiger partial charge in [0, 0.05) is 30.0 Å². The van der Waals surface area contributed by atoms with E-state index < -0.39 is 6.04 Å². The second-order valence-electron chi connectivity index (χ2n) is 7.19. The van der Waals surface area contributed by atoms with Crippen LogP contribution in [-0.2, 0) is 17.8 Å². The molecule has 0 aliphatic carbocycles. The molecule has 2 N–H and O–H groups in total. The third-order valence-corrected chi connectivity index (χ3v) is 4.40. The molecule has 3 aromatic rings. The van der Waals surface area contributed by atoms with E-state index in [2.05, 4.69) is 25.2 Å². The van der Waals surface area contributed by atoms with E-state index in [0.717, 1.165) is 23.0 Å². The number of hydrogen-bond donors (Lipinski definition) is 2. The van der Waals surface area contributed by atoms with Crippen LogP contribution in [0.15, 0.2) is 41.5 Å². The average Bonchev–Trinajstić information content (AvgIpc) is 2.68. The van der Waals surface area contributed by atoms with Crippen LogP contribution in [0.4, 0.5) is 0 Å². The quantitative estimate of drug-likeness (QED) is 0.662. The number of amides is 1. The van der Waals surface area contributed by atoms with Crippen molar-refractivity contribution in [2.75, 3.05) is 14.1 Å². The van der Waals surface area contributed by atoms with Gasteiger partial charge in [0.15, 0.2) is 0 Å². The molecule has 0 unspecified atom stereocenters. The molecule has 3 rings (SSSR count). The Morgan fingerprint density at radius 2 is 2.00 bits per heavy atom. The number of H-pyrrole nitrogens is 1. The van der Waals surface area contributed by atoms with Crippen LogP contribution in [0.1, 0.15) is 35.5 Å². The van der Waals surface area contributed by atoms with Gasteiger partial charge in [-0.1, -0.05) is 6.07 Å². The minimum atomic E-state index is -0.443. The molecule has 0 aliphatic heterocycles. The summed E-state index contributed by atoms with van der Waals surface area (Å²) in [6.45, 7) is 2.53. The van der Waals surface area contributed by atoms with E-state index in [1.165, 1.54) is 12.4 Å². The average molecular weight is 390 g/mol. The summed E-state index contributed by atoms with van der Waals surface area (Å²) >= 11 is 0. The minimum Gasteiger partial charge on any atom is -0.346 e. The highest BCUT2D eigenvalue weighted by atomic mass is 16.2. The van der Waals surface area contributed by atoms with E-state index in [4.69, 9.17) is 5.26 Å². The van der Waals surface area contributed by atoms with Gasteiger partial charge in [-0.15, -0.1) is 0 Å². The highest BCUT2D eigenvalue weighted by Crippen LogP contribution is 2.15. The van der Waals surface area contributed by atoms with Crippen LogP contribution in [0.2, 0.25) is 0 Å². The fourth-order valence-electron chi connectivity index (χ4n) is 3.05. The van der Waals surface area contributed by atoms with Crippen molar-refractivity contribution < 1.29 is 4.79 Å². The summed E-state index contributed by atoms with van der Waals surface area (Å²) in [6.07, 6.45) is 2.76. The largest absolute Gasteiger partial charge is 0.346 e. The Morgan fingerprint density at radius 1 is 1.28 bits per heavy atom. The molecule has 148 valence electrons. The van der Waals surface area contributed by atoms with Crippen LogP contribution < -0.4 is 10.9 Å². The first kappa shape index (κ1) is 20.2. The topological polar surface area (TPSA) is 115 Å². The summed E-state index contributed by atoms with van der Waals surface area (Å²) in [5, 5.41) is 12.5. The third-order valence-electron chi connectivity index (χ3n) is 4.40. The van der Waals surface area contributed by atoms with Crippen molar-refractivity contribution in [3.63, 3.8) is 0 Å². The molecule has 8 nitrogen and oxygen atoms in total. The van der Waals surface area contributed by atoms with Crippen molar-refractivity contribution in [2.24, 2.45) is 0 Å². The van der Waals surface area contributed by atoms with Crippen molar-refractivity contribution >= 4 is 16.8 Å². The van der Waals surface area contributed by atoms with Gasteiger partial charge < -0.3 is 15.2 Å². The lowest BCUT2D eigenvalue weighted by molar-refractivity contribution is -0.121. The first-order valence-corrected chi connectivity index (χ1v) is 9.16. The standard InChI is InChI=1S/C21H22N6O2/c1-13(20-23-10-15(9-22)11-24-20)25-19(28)8-17-7-16-6-14(12-27(2)3)4-5-18(16)26-21(17)29/h4-7,10-11,13H,8,12H2,1-3H3,(H,25,28)(H,26,29)/t13-/m1/s1. The van der Waals surface area contributed by atoms with Gasteiger partial charge in [0.1, 0.15) is 11.9 Å². The Morgan fingerprint density at radius 3 is 2.66 bits per heavy atom. The highest BCUT2D eigenvalue weighted by molar-refractivity contribution is 5.83. The van der Waals surface area contributed by atoms with Gasteiger partial charge in [0.05, 0.1) is 18.0 Å². The number of pyridine rings is 1. The molecule has 1 atom stereocenters. The Balaban J connectivity index is 1.75. The summed E-state index contributed by atoms with van der Waals surface area (Å²) < 4.78 is 0. The van der Waals surface area contributed by atoms with E-state index in [1.807, 2.05) is 38.4 Å². The summed E-state index contributed by atoms with van der Waals surface area (Å²) in [6, 6.07) is 9.13. The SMILES string of the molecule is C[C@@H](NC(=O)Cc1cc2cc(CN(C)C)ccc2[nH]c1=O)c1ncc(C#N)cn1. The normalized spacial score (nSPS) is 12.0. The second-order valence-corrected chi connectivity index (χ2v) is 7.19. The van der Waals surface area contributed by atoms with E-state index in [0.29, 0.717) is 17.0 Å². The van der Waals surface area contributed by atoms with Crippen molar-refractivity contribution in [1.29, 1.82) is 5.26 Å². The predicted molar refractivity (Wildman–Crippen MR) is 109 cm³/mol. The zero-order valence-corrected chi connectivity index (χ0v) is 16.6. The molecule has 2 heterocycles. The van der Waals surface area contributed by atoms with Crippen LogP contribution in [0.5, 0.6) is 0 Å². The lowest BCUT2D eigenvalue weighted by Crippen LogP contribution is -2.31. The van der Waals surface area contributed by atoms with Gasteiger partial charge in [0.2, 0.25) is 5.91 Å². The Bertz CT molecular complexity index is 1130. The van der Waals surface area contributed by atoms with E-state index in [-0.39, 0.29) is 17.9 Å². The number of rotatable bonds is 6. The molecular weight excluding hydrogens is 368 g/mol. The number of carbonyl (C=O) groups excluding carboxylic acids is 1. The van der Waals surface area contributed by atoms with E-state index in [1.54, 1.807) is 13.0 Å². The fraction of sp³-hybridized carbons (Fsp3) is 0.286. The second kappa shape index (κ2) is 8.63. The molecule has 0 spiro atoms. The number of nitriles is 1. The molecule has 0 radical (unpaired) electrons. The summed E-state index contributed by atoms with van der Waals surface area (Å²) in [5.41, 5.74) is 2.32. The molecule has 2 aromatic heterocycles. The molecule has 8 heteroatoms. The summed E-state index contributed by atoms with van der Waals surface area (Å²) in [7, 11) is 3.98. The maximum Gasteiger partial charge on any atom is 0.252 e. The number of aromatic amines is 1. The van der Waals surface area contributed by atoms with Crippen molar-refractivity contribution in [3.8, 4) is 6.07 Å². The Hall–Kier alpha value is -3.57. The number of fused-ring (bicyclic) bond motifs is 1. The number of benzene rings is 1. The van der Waals surface area contributed by atoms with Gasteiger partial charge >= 0.3 is 0 Å². The number of nitrogens with one attached hydrogen (secondary N) is 2. The van der Waals surface area contributed by atoms with Crippen LogP contribution in [0.3, 0.4) is 0 Å². The number of aromatic nitrogens is 3. The number of carbonyl (C=O) groups is 1. The smallest absolute Gasteiger partial charge is 0.252 e. The van der Waals surface area contributed by atoms with Gasteiger partial charge in [-0.3, -0.25) is 9.59 Å². The van der Waals surface area contributed by atoms with Crippen LogP contribution in [0.25, 0.3) is 10.9 Å². The van der Waals surface area contributed by atoms with Gasteiger partial charge in [-0.25, -0.2) is 9.97 Å². The lowest BCUT2D eigenvalue weighted by atomic mass is 10.1. The highest BCUT2D eigenvalue weighted by Gasteiger charge is 2.14. The van der Waals surface area contributed by atoms with Gasteiger partial charge in [0.25, 0.3) is 5.56 Å². The maximum absolute atomic E-state index is 12.4. The summed E-state index contributed by atoms with van der Waals surface area (Å²) in [5.74, 6) is 0.0952. The van der Waals surface area contributed by atoms with Gasteiger partial charge in [-0.2, -0.15) is 5.26 Å². The third kappa shape index (κ3) is 5.03. The number of nitrogens with zero attached hydrogens (tertiary/aromatic N) is 4. The molecule has 1 aromatic carbocycles. The zero-order valence-electron chi connectivity index (χ0n) is 16.6. The van der Waals surface area contributed by atoms with Crippen molar-refractivity contribution in [1.82, 2.24) is 25.2 Å². The van der Waals surface area contributed by atoms with Crippen molar-refractivity contribution in [2.45, 2.75) is 25.9 Å². The lowest BCUT2D eigenvalue weighted by Gasteiger charge is -2.13. The molecule has 0 saturated heterocycles. The minimum absolute atomic E-state index is 0.0518. The van der Waals surface area contributed by atoms with E-state index in [9.17, 15) is 9.59 Å². The molecule has 0 bridgehead atoms. The molecular formula is C21H22N6O2. The maximum atomic E-state index is 12.4. The molecule has 1 amide bonds. The van der Waals surface area contributed by atoms with Crippen LogP contribution >= 0.6 is 0 Å². The first-order valence-electron chi connectivity index (χ1n) is 9.16. The molecule has 0 fully saturated rings. The first-order chi connectivity index (χ1) is 13.9. The monoisotopic (exact) mass is 390 g/mol. The van der Waals surface area contributed by atoms with Crippen LogP contribution in [-0.4, -0.2) is 39.9 Å². The Kier molecular flexibility index (Phi) is 6.00. The van der Waals surface area contributed by atoms with Crippen LogP contribution in [0, 0.1) is 11.3 Å². The van der Waals surface area contributed by atoms with Crippen molar-refractivity contribution in [3.05, 3.63) is 69.5 Å². The van der Waals surface area contributed by atoms with E-state index >= 15 is 0 Å². The Labute approximate surface area is 168 Å². The molecule has 0 saturated carbocycles. The fourth-order valence-corrected chi connectivity index (χ4v) is 3.05. The van der Waals surface area contributed by atoms with Gasteiger partial charge in [-0.05, 0) is 50.2 Å². The molecule has 29 heavy (non-hydrogen) atoms. The zero-order chi connectivity index (χ0) is 21.0. The number of hydrogen-bond acceptors (Lipinski definition) is 6. The summed E-state index contributed by atoms with van der Waals surface area (Å²) in [4.78, 5) is 37.9. The molecule has 0 aliphatic rings.